The third kappa shape index (κ3) is 4.56. The second kappa shape index (κ2) is 7.56. The molecule has 0 aliphatic carbocycles. The molecule has 0 bridgehead atoms. The summed E-state index contributed by atoms with van der Waals surface area (Å²) in [6.07, 6.45) is -0.575. The molecular formula is C15H16N2O4S. The highest BCUT2D eigenvalue weighted by Gasteiger charge is 2.17. The normalized spacial score (nSPS) is 11.5. The van der Waals surface area contributed by atoms with Crippen molar-refractivity contribution < 1.29 is 19.1 Å². The smallest absolute Gasteiger partial charge is 0.311 e. The van der Waals surface area contributed by atoms with E-state index in [1.807, 2.05) is 18.2 Å². The zero-order valence-corrected chi connectivity index (χ0v) is 13.1. The van der Waals surface area contributed by atoms with Gasteiger partial charge in [0.2, 0.25) is 0 Å². The number of rotatable bonds is 6. The van der Waals surface area contributed by atoms with Crippen molar-refractivity contribution in [2.75, 3.05) is 12.4 Å². The summed E-state index contributed by atoms with van der Waals surface area (Å²) in [6.45, 7) is 1.66. The molecule has 0 aliphatic heterocycles. The number of benzene rings is 1. The molecule has 1 aromatic heterocycles. The number of carbonyl (C=O) groups is 2. The van der Waals surface area contributed by atoms with Crippen LogP contribution in [0.3, 0.4) is 0 Å². The molecule has 22 heavy (non-hydrogen) atoms. The Morgan fingerprint density at radius 1 is 1.32 bits per heavy atom. The number of thiazole rings is 1. The van der Waals surface area contributed by atoms with E-state index >= 15 is 0 Å². The number of methoxy groups -OCH3 is 1. The molecule has 6 nitrogen and oxygen atoms in total. The van der Waals surface area contributed by atoms with Gasteiger partial charge in [-0.2, -0.15) is 0 Å². The first kappa shape index (κ1) is 16.0. The Bertz CT molecular complexity index is 642. The molecule has 0 aliphatic rings. The van der Waals surface area contributed by atoms with Crippen molar-refractivity contribution >= 4 is 28.3 Å². The van der Waals surface area contributed by atoms with Crippen molar-refractivity contribution in [1.82, 2.24) is 4.98 Å². The van der Waals surface area contributed by atoms with E-state index in [2.05, 4.69) is 15.0 Å². The molecule has 1 unspecified atom stereocenters. The summed E-state index contributed by atoms with van der Waals surface area (Å²) in [7, 11) is 1.32. The van der Waals surface area contributed by atoms with Crippen LogP contribution in [0.2, 0.25) is 0 Å². The molecule has 2 aromatic rings. The van der Waals surface area contributed by atoms with Gasteiger partial charge < -0.3 is 9.47 Å². The molecule has 1 N–H and O–H groups in total. The molecule has 1 aromatic carbocycles. The second-order valence-corrected chi connectivity index (χ2v) is 5.32. The van der Waals surface area contributed by atoms with E-state index in [9.17, 15) is 9.59 Å². The zero-order chi connectivity index (χ0) is 15.9. The Labute approximate surface area is 132 Å². The number of nitrogens with one attached hydrogen (secondary N) is 1. The first-order chi connectivity index (χ1) is 10.6. The minimum absolute atomic E-state index is 0.0823. The van der Waals surface area contributed by atoms with Crippen LogP contribution in [-0.4, -0.2) is 30.1 Å². The summed E-state index contributed by atoms with van der Waals surface area (Å²) in [5, 5.41) is 4.79. The van der Waals surface area contributed by atoms with Gasteiger partial charge in [0, 0.05) is 5.38 Å². The predicted molar refractivity (Wildman–Crippen MR) is 83.0 cm³/mol. The summed E-state index contributed by atoms with van der Waals surface area (Å²) >= 11 is 1.25. The monoisotopic (exact) mass is 320 g/mol. The van der Waals surface area contributed by atoms with E-state index in [0.717, 1.165) is 0 Å². The second-order valence-electron chi connectivity index (χ2n) is 4.46. The fourth-order valence-electron chi connectivity index (χ4n) is 1.63. The fraction of sp³-hybridized carbons (Fsp3) is 0.267. The first-order valence-electron chi connectivity index (χ1n) is 6.62. The van der Waals surface area contributed by atoms with E-state index in [-0.39, 0.29) is 18.3 Å². The molecule has 1 atom stereocenters. The third-order valence-electron chi connectivity index (χ3n) is 2.76. The van der Waals surface area contributed by atoms with Crippen molar-refractivity contribution in [2.24, 2.45) is 0 Å². The number of nitrogens with zero attached hydrogens (tertiary/aromatic N) is 1. The highest BCUT2D eigenvalue weighted by atomic mass is 32.1. The highest BCUT2D eigenvalue weighted by molar-refractivity contribution is 7.13. The van der Waals surface area contributed by atoms with Gasteiger partial charge in [-0.05, 0) is 19.1 Å². The average Bonchev–Trinajstić information content (AvgIpc) is 2.95. The quantitative estimate of drug-likeness (QED) is 0.826. The van der Waals surface area contributed by atoms with Gasteiger partial charge in [-0.25, -0.2) is 4.98 Å². The Balaban J connectivity index is 1.90. The van der Waals surface area contributed by atoms with Crippen molar-refractivity contribution in [3.8, 4) is 5.75 Å². The van der Waals surface area contributed by atoms with Crippen molar-refractivity contribution in [3.05, 3.63) is 41.4 Å². The van der Waals surface area contributed by atoms with Crippen LogP contribution in [0.25, 0.3) is 0 Å². The van der Waals surface area contributed by atoms with Crippen LogP contribution < -0.4 is 10.1 Å². The largest absolute Gasteiger partial charge is 0.481 e. The van der Waals surface area contributed by atoms with Crippen molar-refractivity contribution in [3.63, 3.8) is 0 Å². The molecule has 2 rings (SSSR count). The van der Waals surface area contributed by atoms with Gasteiger partial charge in [0.25, 0.3) is 5.91 Å². The van der Waals surface area contributed by atoms with E-state index in [1.165, 1.54) is 18.4 Å². The lowest BCUT2D eigenvalue weighted by Gasteiger charge is -2.13. The molecule has 116 valence electrons. The molecule has 0 saturated heterocycles. The van der Waals surface area contributed by atoms with Gasteiger partial charge in [0.1, 0.15) is 5.75 Å². The number of carbonyl (C=O) groups excluding carboxylic acids is 2. The average molecular weight is 320 g/mol. The van der Waals surface area contributed by atoms with E-state index in [4.69, 9.17) is 4.74 Å². The maximum Gasteiger partial charge on any atom is 0.311 e. The number of ether oxygens (including phenoxy) is 2. The number of para-hydroxylation sites is 1. The fourth-order valence-corrected chi connectivity index (χ4v) is 2.34. The van der Waals surface area contributed by atoms with Gasteiger partial charge in [0.05, 0.1) is 19.2 Å². The maximum atomic E-state index is 12.0. The molecule has 0 saturated carbocycles. The highest BCUT2D eigenvalue weighted by Crippen LogP contribution is 2.17. The first-order valence-corrected chi connectivity index (χ1v) is 7.50. The number of hydrogen-bond acceptors (Lipinski definition) is 6. The van der Waals surface area contributed by atoms with E-state index < -0.39 is 6.10 Å². The van der Waals surface area contributed by atoms with Crippen LogP contribution in [0.4, 0.5) is 5.13 Å². The lowest BCUT2D eigenvalue weighted by molar-refractivity contribution is -0.139. The summed E-state index contributed by atoms with van der Waals surface area (Å²) in [5.41, 5.74) is 0.559. The number of anilines is 1. The molecule has 1 amide bonds. The number of hydrogen-bond donors (Lipinski definition) is 1. The summed E-state index contributed by atoms with van der Waals surface area (Å²) in [6, 6.07) is 9.10. The minimum atomic E-state index is -0.657. The van der Waals surface area contributed by atoms with Gasteiger partial charge in [0.15, 0.2) is 11.2 Å². The molecule has 0 fully saturated rings. The lowest BCUT2D eigenvalue weighted by atomic mass is 10.3. The van der Waals surface area contributed by atoms with Crippen LogP contribution >= 0.6 is 11.3 Å². The topological polar surface area (TPSA) is 77.5 Å². The Hall–Kier alpha value is -2.41. The van der Waals surface area contributed by atoms with Crippen molar-refractivity contribution in [2.45, 2.75) is 19.4 Å². The van der Waals surface area contributed by atoms with Crippen molar-refractivity contribution in [1.29, 1.82) is 0 Å². The van der Waals surface area contributed by atoms with Crippen LogP contribution in [0.1, 0.15) is 12.6 Å². The van der Waals surface area contributed by atoms with Crippen LogP contribution in [0.5, 0.6) is 5.75 Å². The van der Waals surface area contributed by atoms with Crippen LogP contribution in [0.15, 0.2) is 35.7 Å². The third-order valence-corrected chi connectivity index (χ3v) is 3.57. The Morgan fingerprint density at radius 2 is 2.05 bits per heavy atom. The molecular weight excluding hydrogens is 304 g/mol. The molecule has 7 heteroatoms. The van der Waals surface area contributed by atoms with Gasteiger partial charge in [-0.1, -0.05) is 18.2 Å². The van der Waals surface area contributed by atoms with Gasteiger partial charge in [-0.15, -0.1) is 11.3 Å². The zero-order valence-electron chi connectivity index (χ0n) is 12.2. The van der Waals surface area contributed by atoms with E-state index in [1.54, 1.807) is 24.4 Å². The summed E-state index contributed by atoms with van der Waals surface area (Å²) in [5.74, 6) is -0.0533. The maximum absolute atomic E-state index is 12.0. The van der Waals surface area contributed by atoms with Gasteiger partial charge >= 0.3 is 5.97 Å². The molecule has 0 spiro atoms. The minimum Gasteiger partial charge on any atom is -0.481 e. The molecule has 0 radical (unpaired) electrons. The summed E-state index contributed by atoms with van der Waals surface area (Å²) in [4.78, 5) is 27.4. The van der Waals surface area contributed by atoms with Crippen LogP contribution in [-0.2, 0) is 20.7 Å². The molecule has 1 heterocycles. The number of amides is 1. The summed E-state index contributed by atoms with van der Waals surface area (Å²) < 4.78 is 10.1. The SMILES string of the molecule is COC(=O)Cc1csc(NC(=O)C(C)Oc2ccccc2)n1. The van der Waals surface area contributed by atoms with Gasteiger partial charge in [-0.3, -0.25) is 14.9 Å². The Morgan fingerprint density at radius 3 is 2.73 bits per heavy atom. The van der Waals surface area contributed by atoms with Crippen LogP contribution in [0, 0.1) is 0 Å². The Kier molecular flexibility index (Phi) is 5.48. The number of aromatic nitrogens is 1. The standard InChI is InChI=1S/C15H16N2O4S/c1-10(21-12-6-4-3-5-7-12)14(19)17-15-16-11(9-22-15)8-13(18)20-2/h3-7,9-10H,8H2,1-2H3,(H,16,17,19). The predicted octanol–water partition coefficient (Wildman–Crippen LogP) is 2.26. The number of esters is 1. The lowest BCUT2D eigenvalue weighted by Crippen LogP contribution is -2.30. The van der Waals surface area contributed by atoms with E-state index in [0.29, 0.717) is 16.6 Å².